The van der Waals surface area contributed by atoms with Crippen molar-refractivity contribution in [2.24, 2.45) is 0 Å². The van der Waals surface area contributed by atoms with E-state index in [0.29, 0.717) is 19.7 Å². The normalized spacial score (nSPS) is 11.9. The molecule has 0 spiro atoms. The second-order valence-corrected chi connectivity index (χ2v) is 3.95. The van der Waals surface area contributed by atoms with Crippen LogP contribution in [-0.2, 0) is 19.1 Å². The zero-order valence-corrected chi connectivity index (χ0v) is 11.5. The summed E-state index contributed by atoms with van der Waals surface area (Å²) < 4.78 is 9.96. The molecule has 2 N–H and O–H groups in total. The van der Waals surface area contributed by atoms with E-state index in [0.717, 1.165) is 19.4 Å². The average molecular weight is 260 g/mol. The molecule has 6 heteroatoms. The van der Waals surface area contributed by atoms with Gasteiger partial charge in [-0.25, -0.2) is 4.79 Å². The maximum atomic E-state index is 11.3. The van der Waals surface area contributed by atoms with E-state index in [1.807, 2.05) is 0 Å². The van der Waals surface area contributed by atoms with Crippen LogP contribution in [-0.4, -0.2) is 51.3 Å². The number of amides is 1. The molecule has 0 aliphatic heterocycles. The highest BCUT2D eigenvalue weighted by molar-refractivity contribution is 5.83. The molecule has 0 saturated carbocycles. The molecule has 18 heavy (non-hydrogen) atoms. The quantitative estimate of drug-likeness (QED) is 0.429. The van der Waals surface area contributed by atoms with E-state index in [4.69, 9.17) is 4.74 Å². The molecule has 0 radical (unpaired) electrons. The summed E-state index contributed by atoms with van der Waals surface area (Å²) in [6.07, 6.45) is 2.16. The van der Waals surface area contributed by atoms with Crippen LogP contribution in [0.25, 0.3) is 0 Å². The first-order valence-electron chi connectivity index (χ1n) is 6.25. The number of carbonyl (C=O) groups is 2. The zero-order chi connectivity index (χ0) is 13.8. The lowest BCUT2D eigenvalue weighted by atomic mass is 10.3. The van der Waals surface area contributed by atoms with E-state index in [2.05, 4.69) is 22.3 Å². The molecule has 0 aromatic rings. The Morgan fingerprint density at radius 2 is 2.00 bits per heavy atom. The van der Waals surface area contributed by atoms with Crippen molar-refractivity contribution < 1.29 is 19.1 Å². The summed E-state index contributed by atoms with van der Waals surface area (Å²) >= 11 is 0. The first-order valence-corrected chi connectivity index (χ1v) is 6.25. The van der Waals surface area contributed by atoms with Crippen LogP contribution < -0.4 is 10.6 Å². The molecule has 0 aliphatic carbocycles. The molecule has 0 heterocycles. The Bertz CT molecular complexity index is 246. The van der Waals surface area contributed by atoms with E-state index in [1.165, 1.54) is 14.0 Å². The van der Waals surface area contributed by atoms with Gasteiger partial charge in [0.2, 0.25) is 5.91 Å². The van der Waals surface area contributed by atoms with Gasteiger partial charge < -0.3 is 20.1 Å². The lowest BCUT2D eigenvalue weighted by Crippen LogP contribution is -2.47. The van der Waals surface area contributed by atoms with E-state index in [1.54, 1.807) is 0 Å². The number of ether oxygens (including phenoxy) is 2. The van der Waals surface area contributed by atoms with Crippen molar-refractivity contribution in [3.63, 3.8) is 0 Å². The predicted molar refractivity (Wildman–Crippen MR) is 68.2 cm³/mol. The summed E-state index contributed by atoms with van der Waals surface area (Å²) in [6.45, 7) is 5.79. The Labute approximate surface area is 108 Å². The molecule has 0 bridgehead atoms. The lowest BCUT2D eigenvalue weighted by Gasteiger charge is -2.16. The zero-order valence-electron chi connectivity index (χ0n) is 11.5. The minimum atomic E-state index is -0.650. The van der Waals surface area contributed by atoms with Gasteiger partial charge in [-0.05, 0) is 6.42 Å². The summed E-state index contributed by atoms with van der Waals surface area (Å²) in [6, 6.07) is -0.650. The van der Waals surface area contributed by atoms with Crippen LogP contribution in [0.2, 0.25) is 0 Å². The molecule has 0 fully saturated rings. The van der Waals surface area contributed by atoms with Crippen molar-refractivity contribution >= 4 is 11.9 Å². The van der Waals surface area contributed by atoms with Crippen molar-refractivity contribution in [1.82, 2.24) is 10.6 Å². The second kappa shape index (κ2) is 11.0. The number of methoxy groups -OCH3 is 1. The smallest absolute Gasteiger partial charge is 0.329 e. The molecular weight excluding hydrogens is 236 g/mol. The maximum Gasteiger partial charge on any atom is 0.329 e. The number of carbonyl (C=O) groups excluding carboxylic acids is 2. The third kappa shape index (κ3) is 8.95. The van der Waals surface area contributed by atoms with Gasteiger partial charge in [0, 0.05) is 26.6 Å². The van der Waals surface area contributed by atoms with Crippen LogP contribution in [0.15, 0.2) is 0 Å². The Kier molecular flexibility index (Phi) is 10.3. The van der Waals surface area contributed by atoms with Crippen molar-refractivity contribution in [2.45, 2.75) is 32.7 Å². The molecule has 1 unspecified atom stereocenters. The van der Waals surface area contributed by atoms with E-state index in [9.17, 15) is 9.59 Å². The van der Waals surface area contributed by atoms with Crippen molar-refractivity contribution in [2.75, 3.05) is 33.4 Å². The summed E-state index contributed by atoms with van der Waals surface area (Å²) in [5, 5.41) is 5.57. The van der Waals surface area contributed by atoms with Crippen LogP contribution in [0.3, 0.4) is 0 Å². The molecule has 106 valence electrons. The third-order valence-electron chi connectivity index (χ3n) is 2.28. The summed E-state index contributed by atoms with van der Waals surface area (Å²) in [4.78, 5) is 22.3. The third-order valence-corrected chi connectivity index (χ3v) is 2.28. The predicted octanol–water partition coefficient (Wildman–Crippen LogP) is 0.0704. The molecule has 0 aliphatic rings. The minimum absolute atomic E-state index is 0.258. The van der Waals surface area contributed by atoms with Crippen molar-refractivity contribution in [3.05, 3.63) is 0 Å². The van der Waals surface area contributed by atoms with Crippen LogP contribution in [0.1, 0.15) is 26.7 Å². The summed E-state index contributed by atoms with van der Waals surface area (Å²) in [7, 11) is 1.30. The fourth-order valence-electron chi connectivity index (χ4n) is 1.32. The molecule has 1 amide bonds. The SMILES string of the molecule is CCCCOCCNCC(NC(C)=O)C(=O)OC. The molecule has 0 aromatic heterocycles. The van der Waals surface area contributed by atoms with Crippen molar-refractivity contribution in [3.8, 4) is 0 Å². The molecule has 0 aromatic carbocycles. The Balaban J connectivity index is 3.69. The van der Waals surface area contributed by atoms with Gasteiger partial charge in [-0.15, -0.1) is 0 Å². The maximum absolute atomic E-state index is 11.3. The van der Waals surface area contributed by atoms with Crippen LogP contribution >= 0.6 is 0 Å². The van der Waals surface area contributed by atoms with Crippen molar-refractivity contribution in [1.29, 1.82) is 0 Å². The molecule has 0 saturated heterocycles. The highest BCUT2D eigenvalue weighted by Crippen LogP contribution is 1.88. The van der Waals surface area contributed by atoms with Gasteiger partial charge in [-0.2, -0.15) is 0 Å². The van der Waals surface area contributed by atoms with E-state index >= 15 is 0 Å². The van der Waals surface area contributed by atoms with Gasteiger partial charge in [0.05, 0.1) is 13.7 Å². The number of rotatable bonds is 10. The van der Waals surface area contributed by atoms with Crippen LogP contribution in [0, 0.1) is 0 Å². The summed E-state index contributed by atoms with van der Waals surface area (Å²) in [5.41, 5.74) is 0. The standard InChI is InChI=1S/C12H24N2O4/c1-4-5-7-18-8-6-13-9-11(12(16)17-3)14-10(2)15/h11,13H,4-9H2,1-3H3,(H,14,15). The number of hydrogen-bond acceptors (Lipinski definition) is 5. The van der Waals surface area contributed by atoms with E-state index < -0.39 is 12.0 Å². The lowest BCUT2D eigenvalue weighted by molar-refractivity contribution is -0.144. The molecule has 6 nitrogen and oxygen atoms in total. The number of unbranched alkanes of at least 4 members (excludes halogenated alkanes) is 1. The first-order chi connectivity index (χ1) is 8.61. The number of hydrogen-bond donors (Lipinski definition) is 2. The van der Waals surface area contributed by atoms with Gasteiger partial charge in [-0.1, -0.05) is 13.3 Å². The topological polar surface area (TPSA) is 76.7 Å². The van der Waals surface area contributed by atoms with Gasteiger partial charge in [-0.3, -0.25) is 4.79 Å². The molecular formula is C12H24N2O4. The highest BCUT2D eigenvalue weighted by atomic mass is 16.5. The number of esters is 1. The minimum Gasteiger partial charge on any atom is -0.467 e. The number of nitrogens with one attached hydrogen (secondary N) is 2. The molecule has 0 rings (SSSR count). The van der Waals surface area contributed by atoms with Gasteiger partial charge in [0.15, 0.2) is 0 Å². The monoisotopic (exact) mass is 260 g/mol. The first kappa shape index (κ1) is 16.9. The largest absolute Gasteiger partial charge is 0.467 e. The summed E-state index contributed by atoms with van der Waals surface area (Å²) in [5.74, 6) is -0.712. The van der Waals surface area contributed by atoms with Gasteiger partial charge in [0.25, 0.3) is 0 Å². The Hall–Kier alpha value is -1.14. The van der Waals surface area contributed by atoms with Gasteiger partial charge in [0.1, 0.15) is 6.04 Å². The van der Waals surface area contributed by atoms with Crippen LogP contribution in [0.5, 0.6) is 0 Å². The molecule has 1 atom stereocenters. The van der Waals surface area contributed by atoms with Crippen LogP contribution in [0.4, 0.5) is 0 Å². The van der Waals surface area contributed by atoms with Gasteiger partial charge >= 0.3 is 5.97 Å². The highest BCUT2D eigenvalue weighted by Gasteiger charge is 2.19. The Morgan fingerprint density at radius 3 is 2.56 bits per heavy atom. The average Bonchev–Trinajstić information content (AvgIpc) is 2.34. The second-order valence-electron chi connectivity index (χ2n) is 3.95. The van der Waals surface area contributed by atoms with E-state index in [-0.39, 0.29) is 5.91 Å². The Morgan fingerprint density at radius 1 is 1.28 bits per heavy atom. The fraction of sp³-hybridized carbons (Fsp3) is 0.833. The fourth-order valence-corrected chi connectivity index (χ4v) is 1.32.